The van der Waals surface area contributed by atoms with E-state index in [0.29, 0.717) is 10.8 Å². The highest BCUT2D eigenvalue weighted by molar-refractivity contribution is 7.16. The number of carbonyl (C=O) groups excluding carboxylic acids is 1. The van der Waals surface area contributed by atoms with E-state index in [9.17, 15) is 9.90 Å². The summed E-state index contributed by atoms with van der Waals surface area (Å²) < 4.78 is 5.18. The van der Waals surface area contributed by atoms with Crippen LogP contribution in [0.4, 0.5) is 9.93 Å². The van der Waals surface area contributed by atoms with E-state index in [0.717, 1.165) is 17.7 Å². The molecule has 5 nitrogen and oxygen atoms in total. The largest absolute Gasteiger partial charge is 0.444 e. The number of thiazole rings is 1. The van der Waals surface area contributed by atoms with Crippen molar-refractivity contribution in [3.05, 3.63) is 10.6 Å². The molecule has 0 saturated heterocycles. The van der Waals surface area contributed by atoms with Gasteiger partial charge in [-0.1, -0.05) is 6.92 Å². The molecule has 0 aliphatic heterocycles. The lowest BCUT2D eigenvalue weighted by Crippen LogP contribution is -2.27. The molecule has 1 saturated carbocycles. The Hall–Kier alpha value is -1.14. The first-order valence-corrected chi connectivity index (χ1v) is 7.16. The molecule has 106 valence electrons. The molecule has 0 spiro atoms. The van der Waals surface area contributed by atoms with Crippen LogP contribution in [-0.4, -0.2) is 21.8 Å². The van der Waals surface area contributed by atoms with Gasteiger partial charge in [-0.3, -0.25) is 5.32 Å². The van der Waals surface area contributed by atoms with Crippen molar-refractivity contribution in [2.45, 2.75) is 58.2 Å². The Balaban J connectivity index is 2.09. The molecule has 1 amide bonds. The molecule has 0 aromatic carbocycles. The second kappa shape index (κ2) is 4.76. The average Bonchev–Trinajstić information content (AvgIpc) is 2.87. The summed E-state index contributed by atoms with van der Waals surface area (Å²) in [5.74, 6) is 0. The summed E-state index contributed by atoms with van der Waals surface area (Å²) in [5.41, 5.74) is 0.256. The summed E-state index contributed by atoms with van der Waals surface area (Å²) in [4.78, 5) is 17.0. The molecule has 1 fully saturated rings. The average molecular weight is 284 g/mol. The van der Waals surface area contributed by atoms with E-state index in [-0.39, 0.29) is 12.0 Å². The van der Waals surface area contributed by atoms with Gasteiger partial charge in [0.15, 0.2) is 5.13 Å². The van der Waals surface area contributed by atoms with Crippen LogP contribution in [0.15, 0.2) is 0 Å². The van der Waals surface area contributed by atoms with Crippen LogP contribution >= 0.6 is 11.3 Å². The number of ether oxygens (including phenoxy) is 1. The van der Waals surface area contributed by atoms with Gasteiger partial charge in [0.05, 0.1) is 12.3 Å². The van der Waals surface area contributed by atoms with Gasteiger partial charge in [-0.15, -0.1) is 11.3 Å². The lowest BCUT2D eigenvalue weighted by molar-refractivity contribution is 0.0636. The van der Waals surface area contributed by atoms with Crippen molar-refractivity contribution in [1.29, 1.82) is 0 Å². The van der Waals surface area contributed by atoms with Crippen molar-refractivity contribution < 1.29 is 14.6 Å². The first kappa shape index (κ1) is 14.3. The summed E-state index contributed by atoms with van der Waals surface area (Å²) in [7, 11) is 0. The molecule has 19 heavy (non-hydrogen) atoms. The zero-order valence-electron chi connectivity index (χ0n) is 11.7. The molecule has 2 N–H and O–H groups in total. The van der Waals surface area contributed by atoms with Crippen LogP contribution in [0.2, 0.25) is 0 Å². The van der Waals surface area contributed by atoms with E-state index in [2.05, 4.69) is 17.2 Å². The van der Waals surface area contributed by atoms with Crippen molar-refractivity contribution in [3.63, 3.8) is 0 Å². The van der Waals surface area contributed by atoms with Crippen molar-refractivity contribution in [2.75, 3.05) is 5.32 Å². The minimum absolute atomic E-state index is 0.0998. The molecule has 1 aliphatic rings. The van der Waals surface area contributed by atoms with Gasteiger partial charge in [0, 0.05) is 10.3 Å². The smallest absolute Gasteiger partial charge is 0.413 e. The van der Waals surface area contributed by atoms with Crippen LogP contribution in [0, 0.1) is 0 Å². The predicted molar refractivity (Wildman–Crippen MR) is 74.5 cm³/mol. The molecule has 0 atom stereocenters. The van der Waals surface area contributed by atoms with E-state index in [4.69, 9.17) is 4.74 Å². The number of rotatable bonds is 3. The van der Waals surface area contributed by atoms with Gasteiger partial charge in [0.1, 0.15) is 5.60 Å². The van der Waals surface area contributed by atoms with E-state index in [1.807, 2.05) is 20.8 Å². The summed E-state index contributed by atoms with van der Waals surface area (Å²) in [6.45, 7) is 7.48. The van der Waals surface area contributed by atoms with Gasteiger partial charge < -0.3 is 9.84 Å². The van der Waals surface area contributed by atoms with Crippen LogP contribution in [0.1, 0.15) is 51.1 Å². The SMILES string of the molecule is CC(C)(C)OC(=O)Nc1nc(CO)c(C2(C)CC2)s1. The number of nitrogens with one attached hydrogen (secondary N) is 1. The number of aliphatic hydroxyl groups is 1. The number of amides is 1. The Morgan fingerprint density at radius 2 is 2.16 bits per heavy atom. The molecular formula is C13H20N2O3S. The minimum Gasteiger partial charge on any atom is -0.444 e. The maximum atomic E-state index is 11.7. The lowest BCUT2D eigenvalue weighted by Gasteiger charge is -2.18. The fraction of sp³-hybridized carbons (Fsp3) is 0.692. The third kappa shape index (κ3) is 3.45. The summed E-state index contributed by atoms with van der Waals surface area (Å²) in [5, 5.41) is 12.5. The molecule has 1 aromatic rings. The Bertz CT molecular complexity index is 487. The normalized spacial score (nSPS) is 17.1. The Morgan fingerprint density at radius 1 is 1.53 bits per heavy atom. The topological polar surface area (TPSA) is 71.5 Å². The number of aliphatic hydroxyl groups excluding tert-OH is 1. The number of nitrogens with zero attached hydrogens (tertiary/aromatic N) is 1. The second-order valence-corrected chi connectivity index (χ2v) is 7.14. The van der Waals surface area contributed by atoms with E-state index in [1.165, 1.54) is 11.3 Å². The minimum atomic E-state index is -0.535. The van der Waals surface area contributed by atoms with Gasteiger partial charge in [-0.25, -0.2) is 9.78 Å². The highest BCUT2D eigenvalue weighted by Gasteiger charge is 2.42. The fourth-order valence-corrected chi connectivity index (χ4v) is 2.95. The van der Waals surface area contributed by atoms with Crippen molar-refractivity contribution in [3.8, 4) is 0 Å². The third-order valence-electron chi connectivity index (χ3n) is 3.00. The molecule has 2 rings (SSSR count). The van der Waals surface area contributed by atoms with Crippen LogP contribution in [0.25, 0.3) is 0 Å². The van der Waals surface area contributed by atoms with E-state index in [1.54, 1.807) is 0 Å². The highest BCUT2D eigenvalue weighted by atomic mass is 32.1. The highest BCUT2D eigenvalue weighted by Crippen LogP contribution is 2.51. The maximum Gasteiger partial charge on any atom is 0.413 e. The number of aromatic nitrogens is 1. The molecule has 1 aliphatic carbocycles. The Morgan fingerprint density at radius 3 is 2.63 bits per heavy atom. The number of carbonyl (C=O) groups is 1. The van der Waals surface area contributed by atoms with Crippen molar-refractivity contribution in [1.82, 2.24) is 4.98 Å². The summed E-state index contributed by atoms with van der Waals surface area (Å²) >= 11 is 1.42. The molecule has 0 unspecified atom stereocenters. The number of anilines is 1. The Kier molecular flexibility index (Phi) is 3.57. The second-order valence-electron chi connectivity index (χ2n) is 6.14. The van der Waals surface area contributed by atoms with Gasteiger partial charge >= 0.3 is 6.09 Å². The molecular weight excluding hydrogens is 264 g/mol. The van der Waals surface area contributed by atoms with Crippen LogP contribution in [0.5, 0.6) is 0 Å². The quantitative estimate of drug-likeness (QED) is 0.895. The zero-order valence-corrected chi connectivity index (χ0v) is 12.6. The lowest BCUT2D eigenvalue weighted by atomic mass is 10.1. The first-order valence-electron chi connectivity index (χ1n) is 6.34. The van der Waals surface area contributed by atoms with Gasteiger partial charge in [-0.2, -0.15) is 0 Å². The maximum absolute atomic E-state index is 11.7. The molecule has 0 radical (unpaired) electrons. The molecule has 1 heterocycles. The van der Waals surface area contributed by atoms with Crippen LogP contribution in [-0.2, 0) is 16.8 Å². The molecule has 1 aromatic heterocycles. The van der Waals surface area contributed by atoms with Crippen LogP contribution in [0.3, 0.4) is 0 Å². The number of hydrogen-bond donors (Lipinski definition) is 2. The molecule has 0 bridgehead atoms. The first-order chi connectivity index (χ1) is 8.73. The molecule has 6 heteroatoms. The fourth-order valence-electron chi connectivity index (χ4n) is 1.79. The van der Waals surface area contributed by atoms with Gasteiger partial charge in [0.25, 0.3) is 0 Å². The van der Waals surface area contributed by atoms with Crippen molar-refractivity contribution in [2.24, 2.45) is 0 Å². The third-order valence-corrected chi connectivity index (χ3v) is 4.32. The number of hydrogen-bond acceptors (Lipinski definition) is 5. The monoisotopic (exact) mass is 284 g/mol. The standard InChI is InChI=1S/C13H20N2O3S/c1-12(2,3)18-11(17)15-10-14-8(7-16)9(19-10)13(4)5-6-13/h16H,5-7H2,1-4H3,(H,14,15,17). The predicted octanol–water partition coefficient (Wildman–Crippen LogP) is 3.03. The van der Waals surface area contributed by atoms with Crippen LogP contribution < -0.4 is 5.32 Å². The van der Waals surface area contributed by atoms with Gasteiger partial charge in [0.2, 0.25) is 0 Å². The summed E-state index contributed by atoms with van der Waals surface area (Å²) in [6, 6.07) is 0. The van der Waals surface area contributed by atoms with E-state index >= 15 is 0 Å². The Labute approximate surface area is 117 Å². The summed E-state index contributed by atoms with van der Waals surface area (Å²) in [6.07, 6.45) is 1.69. The van der Waals surface area contributed by atoms with Crippen molar-refractivity contribution >= 4 is 22.6 Å². The van der Waals surface area contributed by atoms with E-state index < -0.39 is 11.7 Å². The zero-order chi connectivity index (χ0) is 14.3. The van der Waals surface area contributed by atoms with Gasteiger partial charge in [-0.05, 0) is 33.6 Å².